The average Bonchev–Trinajstić information content (AvgIpc) is 2.86. The van der Waals surface area contributed by atoms with Crippen molar-refractivity contribution in [3.8, 4) is 5.75 Å². The highest BCUT2D eigenvalue weighted by atomic mass is 16.7. The number of rotatable bonds is 7. The number of nitrogens with zero attached hydrogens (tertiary/aromatic N) is 1. The van der Waals surface area contributed by atoms with E-state index in [1.165, 1.54) is 0 Å². The van der Waals surface area contributed by atoms with Gasteiger partial charge < -0.3 is 9.84 Å². The van der Waals surface area contributed by atoms with Crippen LogP contribution in [0.2, 0.25) is 0 Å². The molecule has 0 aliphatic carbocycles. The van der Waals surface area contributed by atoms with Crippen LogP contribution >= 0.6 is 0 Å². The Morgan fingerprint density at radius 2 is 1.54 bits per heavy atom. The van der Waals surface area contributed by atoms with Gasteiger partial charge in [-0.15, -0.1) is 5.06 Å². The molecule has 6 heteroatoms. The maximum atomic E-state index is 12.2. The van der Waals surface area contributed by atoms with Crippen molar-refractivity contribution in [3.63, 3.8) is 0 Å². The number of carbonyl (C=O) groups is 2. The molecular weight excluding hydrogens is 310 g/mol. The molecule has 1 aliphatic heterocycles. The van der Waals surface area contributed by atoms with Crippen LogP contribution in [-0.4, -0.2) is 35.2 Å². The van der Waals surface area contributed by atoms with E-state index >= 15 is 0 Å². The van der Waals surface area contributed by atoms with Gasteiger partial charge in [-0.3, -0.25) is 14.4 Å². The summed E-state index contributed by atoms with van der Waals surface area (Å²) in [5.41, 5.74) is 1.52. The highest BCUT2D eigenvalue weighted by Crippen LogP contribution is 2.23. The molecule has 0 saturated heterocycles. The zero-order valence-electron chi connectivity index (χ0n) is 13.0. The lowest BCUT2D eigenvalue weighted by Gasteiger charge is -2.13. The number of hydrogen-bond acceptors (Lipinski definition) is 5. The van der Waals surface area contributed by atoms with Crippen molar-refractivity contribution < 1.29 is 24.3 Å². The first kappa shape index (κ1) is 16.2. The smallest absolute Gasteiger partial charge is 0.285 e. The highest BCUT2D eigenvalue weighted by Gasteiger charge is 2.36. The number of hydroxylamine groups is 2. The summed E-state index contributed by atoms with van der Waals surface area (Å²) >= 11 is 0. The van der Waals surface area contributed by atoms with Crippen LogP contribution in [0.15, 0.2) is 48.5 Å². The van der Waals surface area contributed by atoms with E-state index in [1.807, 2.05) is 0 Å². The highest BCUT2D eigenvalue weighted by molar-refractivity contribution is 6.20. The Hall–Kier alpha value is -2.70. The predicted molar refractivity (Wildman–Crippen MR) is 85.4 cm³/mol. The summed E-state index contributed by atoms with van der Waals surface area (Å²) in [4.78, 5) is 29.7. The van der Waals surface area contributed by atoms with Gasteiger partial charge in [0.25, 0.3) is 11.8 Å². The fraction of sp³-hybridized carbons (Fsp3) is 0.222. The summed E-state index contributed by atoms with van der Waals surface area (Å²) in [7, 11) is 0. The largest absolute Gasteiger partial charge is 0.494 e. The zero-order chi connectivity index (χ0) is 16.9. The van der Waals surface area contributed by atoms with Crippen molar-refractivity contribution in [2.45, 2.75) is 13.0 Å². The Kier molecular flexibility index (Phi) is 4.88. The number of fused-ring (bicyclic) bond motifs is 1. The molecule has 1 heterocycles. The van der Waals surface area contributed by atoms with Gasteiger partial charge in [0.2, 0.25) is 0 Å². The molecule has 1 N–H and O–H groups in total. The van der Waals surface area contributed by atoms with E-state index in [0.29, 0.717) is 29.9 Å². The van der Waals surface area contributed by atoms with E-state index in [1.54, 1.807) is 48.5 Å². The van der Waals surface area contributed by atoms with Crippen molar-refractivity contribution in [2.24, 2.45) is 0 Å². The van der Waals surface area contributed by atoms with E-state index in [0.717, 1.165) is 10.6 Å². The molecule has 0 saturated carbocycles. The van der Waals surface area contributed by atoms with Crippen molar-refractivity contribution in [2.75, 3.05) is 13.2 Å². The minimum atomic E-state index is -0.445. The van der Waals surface area contributed by atoms with E-state index in [-0.39, 0.29) is 13.2 Å². The fourth-order valence-electron chi connectivity index (χ4n) is 2.36. The lowest BCUT2D eigenvalue weighted by atomic mass is 10.1. The molecular formula is C18H17NO5. The van der Waals surface area contributed by atoms with E-state index < -0.39 is 11.8 Å². The van der Waals surface area contributed by atoms with Crippen molar-refractivity contribution in [1.82, 2.24) is 5.06 Å². The number of carbonyl (C=O) groups excluding carboxylic acids is 2. The second-order valence-corrected chi connectivity index (χ2v) is 5.29. The van der Waals surface area contributed by atoms with Crippen LogP contribution in [-0.2, 0) is 11.4 Å². The molecule has 2 amide bonds. The maximum absolute atomic E-state index is 12.2. The predicted octanol–water partition coefficient (Wildman–Crippen LogP) is 2.18. The van der Waals surface area contributed by atoms with Crippen molar-refractivity contribution in [3.05, 3.63) is 65.2 Å². The van der Waals surface area contributed by atoms with Gasteiger partial charge in [-0.25, -0.2) is 0 Å². The summed E-state index contributed by atoms with van der Waals surface area (Å²) < 4.78 is 5.44. The normalized spacial score (nSPS) is 13.3. The van der Waals surface area contributed by atoms with Gasteiger partial charge in [-0.1, -0.05) is 24.3 Å². The molecule has 3 rings (SSSR count). The third-order valence-corrected chi connectivity index (χ3v) is 3.61. The molecule has 0 unspecified atom stereocenters. The quantitative estimate of drug-likeness (QED) is 0.623. The lowest BCUT2D eigenvalue weighted by Crippen LogP contribution is -2.29. The molecule has 2 aromatic carbocycles. The van der Waals surface area contributed by atoms with Crippen LogP contribution < -0.4 is 4.74 Å². The first-order chi connectivity index (χ1) is 11.7. The zero-order valence-corrected chi connectivity index (χ0v) is 13.0. The van der Waals surface area contributed by atoms with Crippen molar-refractivity contribution >= 4 is 11.8 Å². The molecule has 6 nitrogen and oxygen atoms in total. The molecule has 24 heavy (non-hydrogen) atoms. The van der Waals surface area contributed by atoms with E-state index in [2.05, 4.69) is 0 Å². The molecule has 0 fully saturated rings. The third kappa shape index (κ3) is 3.29. The number of hydrogen-bond donors (Lipinski definition) is 1. The first-order valence-corrected chi connectivity index (χ1v) is 7.64. The second kappa shape index (κ2) is 7.25. The van der Waals surface area contributed by atoms with E-state index in [9.17, 15) is 9.59 Å². The molecule has 124 valence electrons. The molecule has 0 atom stereocenters. The van der Waals surface area contributed by atoms with Crippen LogP contribution in [0.1, 0.15) is 32.7 Å². The topological polar surface area (TPSA) is 76.1 Å². The SMILES string of the molecule is O=C1c2ccccc2C(=O)N1OCc1ccc(OCCCO)cc1. The van der Waals surface area contributed by atoms with Crippen LogP contribution in [0.5, 0.6) is 5.75 Å². The fourth-order valence-corrected chi connectivity index (χ4v) is 2.36. The average molecular weight is 327 g/mol. The Balaban J connectivity index is 1.59. The maximum Gasteiger partial charge on any atom is 0.285 e. The van der Waals surface area contributed by atoms with Crippen molar-refractivity contribution in [1.29, 1.82) is 0 Å². The van der Waals surface area contributed by atoms with Gasteiger partial charge in [0.15, 0.2) is 0 Å². The summed E-state index contributed by atoms with van der Waals surface area (Å²) in [5.74, 6) is -0.202. The first-order valence-electron chi connectivity index (χ1n) is 7.64. The number of ether oxygens (including phenoxy) is 1. The van der Waals surface area contributed by atoms with Crippen LogP contribution in [0.4, 0.5) is 0 Å². The summed E-state index contributed by atoms with van der Waals surface area (Å²) in [6.45, 7) is 0.635. The van der Waals surface area contributed by atoms with Crippen LogP contribution in [0, 0.1) is 0 Å². The van der Waals surface area contributed by atoms with Gasteiger partial charge in [-0.05, 0) is 29.8 Å². The van der Waals surface area contributed by atoms with Crippen LogP contribution in [0.25, 0.3) is 0 Å². The van der Waals surface area contributed by atoms with Gasteiger partial charge in [0.1, 0.15) is 12.4 Å². The molecule has 0 bridgehead atoms. The Morgan fingerprint density at radius 3 is 2.12 bits per heavy atom. The minimum Gasteiger partial charge on any atom is -0.494 e. The number of benzene rings is 2. The second-order valence-electron chi connectivity index (χ2n) is 5.29. The molecule has 0 radical (unpaired) electrons. The molecule has 2 aromatic rings. The van der Waals surface area contributed by atoms with Gasteiger partial charge in [0.05, 0.1) is 17.7 Å². The van der Waals surface area contributed by atoms with Crippen LogP contribution in [0.3, 0.4) is 0 Å². The number of aliphatic hydroxyl groups excluding tert-OH is 1. The lowest BCUT2D eigenvalue weighted by molar-refractivity contribution is -0.101. The molecule has 0 spiro atoms. The standard InChI is InChI=1S/C18H17NO5/c20-10-3-11-23-14-8-6-13(7-9-14)12-24-19-17(21)15-4-1-2-5-16(15)18(19)22/h1-2,4-9,20H,3,10-12H2. The van der Waals surface area contributed by atoms with E-state index in [4.69, 9.17) is 14.7 Å². The Bertz CT molecular complexity index is 706. The number of aliphatic hydroxyl groups is 1. The van der Waals surface area contributed by atoms with Gasteiger partial charge in [-0.2, -0.15) is 0 Å². The third-order valence-electron chi connectivity index (χ3n) is 3.61. The summed E-state index contributed by atoms with van der Waals surface area (Å²) in [6, 6.07) is 13.8. The molecule has 0 aromatic heterocycles. The Morgan fingerprint density at radius 1 is 0.917 bits per heavy atom. The minimum absolute atomic E-state index is 0.0895. The number of amides is 2. The Labute approximate surface area is 139 Å². The number of imide groups is 1. The summed E-state index contributed by atoms with van der Waals surface area (Å²) in [6.07, 6.45) is 0.574. The van der Waals surface area contributed by atoms with Gasteiger partial charge in [0, 0.05) is 13.0 Å². The monoisotopic (exact) mass is 327 g/mol. The summed E-state index contributed by atoms with van der Waals surface area (Å²) in [5, 5.41) is 9.52. The van der Waals surface area contributed by atoms with Gasteiger partial charge >= 0.3 is 0 Å². The molecule has 1 aliphatic rings.